The fourth-order valence-electron chi connectivity index (χ4n) is 2.34. The number of hydrogen-bond donors (Lipinski definition) is 2. The summed E-state index contributed by atoms with van der Waals surface area (Å²) in [6, 6.07) is -0.459. The Kier molecular flexibility index (Phi) is 4.34. The Morgan fingerprint density at radius 2 is 2.05 bits per heavy atom. The van der Waals surface area contributed by atoms with Crippen LogP contribution in [0.3, 0.4) is 0 Å². The number of carbonyl (C=O) groups excluding carboxylic acids is 2. The van der Waals surface area contributed by atoms with Crippen molar-refractivity contribution in [2.45, 2.75) is 38.3 Å². The van der Waals surface area contributed by atoms with Crippen LogP contribution in [0.25, 0.3) is 0 Å². The average Bonchev–Trinajstić information content (AvgIpc) is 2.80. The van der Waals surface area contributed by atoms with E-state index in [-0.39, 0.29) is 23.8 Å². The molecule has 1 heterocycles. The van der Waals surface area contributed by atoms with Gasteiger partial charge in [0.2, 0.25) is 11.8 Å². The van der Waals surface area contributed by atoms with Gasteiger partial charge in [0.15, 0.2) is 0 Å². The van der Waals surface area contributed by atoms with Crippen LogP contribution in [0, 0.1) is 5.92 Å². The molecule has 2 N–H and O–H groups in total. The molecule has 0 spiro atoms. The van der Waals surface area contributed by atoms with Crippen LogP contribution >= 0.6 is 11.8 Å². The topological polar surface area (TPSA) is 86.7 Å². The predicted octanol–water partition coefficient (Wildman–Crippen LogP) is 0.277. The number of carboxylic acid groups (broad SMARTS) is 1. The molecule has 0 aromatic carbocycles. The van der Waals surface area contributed by atoms with E-state index in [0.29, 0.717) is 30.9 Å². The van der Waals surface area contributed by atoms with Crippen LogP contribution in [0.15, 0.2) is 0 Å². The number of nitrogens with one attached hydrogen (secondary N) is 1. The molecule has 0 aromatic heterocycles. The minimum atomic E-state index is -0.801. The van der Waals surface area contributed by atoms with Gasteiger partial charge < -0.3 is 15.3 Å². The highest BCUT2D eigenvalue weighted by atomic mass is 32.2. The van der Waals surface area contributed by atoms with E-state index in [1.54, 1.807) is 23.6 Å². The molecule has 19 heavy (non-hydrogen) atoms. The molecular weight excluding hydrogens is 268 g/mol. The number of hydrogen-bond acceptors (Lipinski definition) is 4. The average molecular weight is 286 g/mol. The molecule has 6 nitrogen and oxygen atoms in total. The first-order valence-electron chi connectivity index (χ1n) is 6.43. The maximum Gasteiger partial charge on any atom is 0.306 e. The molecule has 7 heteroatoms. The summed E-state index contributed by atoms with van der Waals surface area (Å²) in [6.45, 7) is 1.78. The van der Waals surface area contributed by atoms with Gasteiger partial charge in [-0.3, -0.25) is 14.4 Å². The van der Waals surface area contributed by atoms with Crippen LogP contribution in [-0.4, -0.2) is 51.5 Å². The molecule has 1 saturated carbocycles. The van der Waals surface area contributed by atoms with E-state index in [1.807, 2.05) is 0 Å². The summed E-state index contributed by atoms with van der Waals surface area (Å²) in [5, 5.41) is 11.6. The first-order valence-corrected chi connectivity index (χ1v) is 7.58. The smallest absolute Gasteiger partial charge is 0.306 e. The number of carbonyl (C=O) groups is 3. The standard InChI is InChI=1S/C12H18N2O4S/c1-2-10(15)14-6-19-5-9(14)11(16)13-8-3-7(4-8)12(17)18/h7-9H,2-6H2,1H3,(H,13,16)(H,17,18). The van der Waals surface area contributed by atoms with E-state index in [9.17, 15) is 14.4 Å². The van der Waals surface area contributed by atoms with Crippen molar-refractivity contribution in [3.63, 3.8) is 0 Å². The van der Waals surface area contributed by atoms with Crippen molar-refractivity contribution in [2.75, 3.05) is 11.6 Å². The number of amides is 2. The minimum absolute atomic E-state index is 0.0119. The first-order chi connectivity index (χ1) is 9.02. The Balaban J connectivity index is 1.83. The predicted molar refractivity (Wildman–Crippen MR) is 70.5 cm³/mol. The molecule has 0 radical (unpaired) electrons. The number of nitrogens with zero attached hydrogens (tertiary/aromatic N) is 1. The lowest BCUT2D eigenvalue weighted by atomic mass is 9.80. The Labute approximate surface area is 115 Å². The van der Waals surface area contributed by atoms with Crippen molar-refractivity contribution in [2.24, 2.45) is 5.92 Å². The quantitative estimate of drug-likeness (QED) is 0.775. The van der Waals surface area contributed by atoms with Gasteiger partial charge in [-0.05, 0) is 12.8 Å². The fraction of sp³-hybridized carbons (Fsp3) is 0.750. The number of aliphatic carboxylic acids is 1. The maximum absolute atomic E-state index is 12.1. The van der Waals surface area contributed by atoms with Gasteiger partial charge in [0.1, 0.15) is 6.04 Å². The highest BCUT2D eigenvalue weighted by Gasteiger charge is 2.39. The van der Waals surface area contributed by atoms with Crippen LogP contribution in [0.1, 0.15) is 26.2 Å². The molecule has 0 aromatic rings. The second kappa shape index (κ2) is 5.81. The Bertz CT molecular complexity index is 395. The highest BCUT2D eigenvalue weighted by molar-refractivity contribution is 7.99. The summed E-state index contributed by atoms with van der Waals surface area (Å²) in [5.41, 5.74) is 0. The van der Waals surface area contributed by atoms with E-state index in [2.05, 4.69) is 5.32 Å². The van der Waals surface area contributed by atoms with Crippen LogP contribution < -0.4 is 5.32 Å². The molecule has 2 fully saturated rings. The minimum Gasteiger partial charge on any atom is -0.481 e. The van der Waals surface area contributed by atoms with Crippen molar-refractivity contribution in [1.29, 1.82) is 0 Å². The van der Waals surface area contributed by atoms with Crippen LogP contribution in [0.2, 0.25) is 0 Å². The fourth-order valence-corrected chi connectivity index (χ4v) is 3.52. The molecule has 2 amide bonds. The van der Waals surface area contributed by atoms with Crippen molar-refractivity contribution >= 4 is 29.5 Å². The Hall–Kier alpha value is -1.24. The van der Waals surface area contributed by atoms with Gasteiger partial charge in [-0.25, -0.2) is 0 Å². The molecule has 1 atom stereocenters. The lowest BCUT2D eigenvalue weighted by Gasteiger charge is -2.34. The second-order valence-corrected chi connectivity index (χ2v) is 5.94. The molecule has 2 rings (SSSR count). The summed E-state index contributed by atoms with van der Waals surface area (Å²) in [5.74, 6) is -0.121. The van der Waals surface area contributed by atoms with E-state index < -0.39 is 12.0 Å². The van der Waals surface area contributed by atoms with Gasteiger partial charge in [-0.15, -0.1) is 11.8 Å². The maximum atomic E-state index is 12.1. The molecule has 1 unspecified atom stereocenters. The van der Waals surface area contributed by atoms with Crippen LogP contribution in [0.5, 0.6) is 0 Å². The van der Waals surface area contributed by atoms with Crippen LogP contribution in [0.4, 0.5) is 0 Å². The summed E-state index contributed by atoms with van der Waals surface area (Å²) >= 11 is 1.57. The van der Waals surface area contributed by atoms with Gasteiger partial charge in [0.05, 0.1) is 11.8 Å². The van der Waals surface area contributed by atoms with Crippen molar-refractivity contribution < 1.29 is 19.5 Å². The second-order valence-electron chi connectivity index (χ2n) is 4.94. The van der Waals surface area contributed by atoms with E-state index in [4.69, 9.17) is 5.11 Å². The van der Waals surface area contributed by atoms with Crippen molar-refractivity contribution in [3.05, 3.63) is 0 Å². The van der Waals surface area contributed by atoms with Gasteiger partial charge in [-0.1, -0.05) is 6.92 Å². The van der Waals surface area contributed by atoms with E-state index >= 15 is 0 Å². The summed E-state index contributed by atoms with van der Waals surface area (Å²) in [6.07, 6.45) is 1.38. The van der Waals surface area contributed by atoms with E-state index in [0.717, 1.165) is 0 Å². The third-order valence-electron chi connectivity index (χ3n) is 3.64. The van der Waals surface area contributed by atoms with Crippen molar-refractivity contribution in [3.8, 4) is 0 Å². The lowest BCUT2D eigenvalue weighted by molar-refractivity contribution is -0.146. The summed E-state index contributed by atoms with van der Waals surface area (Å²) < 4.78 is 0. The largest absolute Gasteiger partial charge is 0.481 e. The molecule has 2 aliphatic rings. The number of carboxylic acids is 1. The SMILES string of the molecule is CCC(=O)N1CSCC1C(=O)NC1CC(C(=O)O)C1. The first kappa shape index (κ1) is 14.2. The summed E-state index contributed by atoms with van der Waals surface area (Å²) in [4.78, 5) is 36.1. The normalized spacial score (nSPS) is 29.7. The van der Waals surface area contributed by atoms with Crippen LogP contribution in [-0.2, 0) is 14.4 Å². The number of thioether (sulfide) groups is 1. The monoisotopic (exact) mass is 286 g/mol. The molecule has 1 aliphatic carbocycles. The number of rotatable bonds is 4. The zero-order chi connectivity index (χ0) is 14.0. The zero-order valence-corrected chi connectivity index (χ0v) is 11.6. The Morgan fingerprint density at radius 1 is 1.37 bits per heavy atom. The summed E-state index contributed by atoms with van der Waals surface area (Å²) in [7, 11) is 0. The molecule has 1 saturated heterocycles. The van der Waals surface area contributed by atoms with Gasteiger partial charge in [0.25, 0.3) is 0 Å². The lowest BCUT2D eigenvalue weighted by Crippen LogP contribution is -2.53. The molecule has 106 valence electrons. The van der Waals surface area contributed by atoms with Gasteiger partial charge >= 0.3 is 5.97 Å². The zero-order valence-electron chi connectivity index (χ0n) is 10.8. The highest BCUT2D eigenvalue weighted by Crippen LogP contribution is 2.28. The van der Waals surface area contributed by atoms with Gasteiger partial charge in [-0.2, -0.15) is 0 Å². The van der Waals surface area contributed by atoms with Crippen molar-refractivity contribution in [1.82, 2.24) is 10.2 Å². The Morgan fingerprint density at radius 3 is 2.63 bits per heavy atom. The van der Waals surface area contributed by atoms with E-state index in [1.165, 1.54) is 0 Å². The molecule has 0 bridgehead atoms. The molecular formula is C12H18N2O4S. The third-order valence-corrected chi connectivity index (χ3v) is 4.65. The third kappa shape index (κ3) is 3.02. The molecule has 1 aliphatic heterocycles. The van der Waals surface area contributed by atoms with Gasteiger partial charge in [0, 0.05) is 18.2 Å².